The van der Waals surface area contributed by atoms with Crippen LogP contribution in [0.2, 0.25) is 0 Å². The Morgan fingerprint density at radius 3 is 2.59 bits per heavy atom. The third-order valence-electron chi connectivity index (χ3n) is 5.94. The maximum absolute atomic E-state index is 12.6. The van der Waals surface area contributed by atoms with Gasteiger partial charge in [0.15, 0.2) is 5.65 Å². The van der Waals surface area contributed by atoms with E-state index in [1.165, 1.54) is 0 Å². The van der Waals surface area contributed by atoms with Crippen LogP contribution in [0.1, 0.15) is 28.8 Å². The second kappa shape index (κ2) is 8.70. The second-order valence-electron chi connectivity index (χ2n) is 7.90. The first-order chi connectivity index (χ1) is 15.7. The number of carbonyl (C=O) groups excluding carboxylic acids is 1. The van der Waals surface area contributed by atoms with Crippen molar-refractivity contribution < 1.29 is 9.53 Å². The summed E-state index contributed by atoms with van der Waals surface area (Å²) in [5.41, 5.74) is 4.51. The van der Waals surface area contributed by atoms with E-state index in [0.29, 0.717) is 6.54 Å². The first-order valence-electron chi connectivity index (χ1n) is 10.8. The molecule has 3 heterocycles. The molecule has 7 heteroatoms. The van der Waals surface area contributed by atoms with Gasteiger partial charge in [0.1, 0.15) is 17.9 Å². The molecule has 0 atom stereocenters. The number of nitrogens with one attached hydrogen (secondary N) is 1. The fourth-order valence-electron chi connectivity index (χ4n) is 4.21. The van der Waals surface area contributed by atoms with Crippen LogP contribution in [0.15, 0.2) is 67.0 Å². The summed E-state index contributed by atoms with van der Waals surface area (Å²) in [6.07, 6.45) is 3.88. The standard InChI is InChI=1S/C25H25N5O2/c1-32-22-7-3-2-6-20(22)16-26-23-13-12-21(24-28-27-17-30(23)24)18-8-10-19(11-9-18)25(31)29-14-4-5-15-29/h2-3,6-13,17,26H,4-5,14-16H2,1H3. The van der Waals surface area contributed by atoms with Crippen molar-refractivity contribution in [1.29, 1.82) is 0 Å². The lowest BCUT2D eigenvalue weighted by Crippen LogP contribution is -2.27. The van der Waals surface area contributed by atoms with E-state index in [1.54, 1.807) is 13.4 Å². The van der Waals surface area contributed by atoms with Crippen molar-refractivity contribution in [2.24, 2.45) is 0 Å². The van der Waals surface area contributed by atoms with Crippen LogP contribution in [0.4, 0.5) is 5.82 Å². The highest BCUT2D eigenvalue weighted by Crippen LogP contribution is 2.27. The molecule has 7 nitrogen and oxygen atoms in total. The number of fused-ring (bicyclic) bond motifs is 1. The number of benzene rings is 2. The lowest BCUT2D eigenvalue weighted by Gasteiger charge is -2.15. The van der Waals surface area contributed by atoms with E-state index >= 15 is 0 Å². The van der Waals surface area contributed by atoms with Gasteiger partial charge in [0.25, 0.3) is 5.91 Å². The normalized spacial score (nSPS) is 13.5. The number of pyridine rings is 1. The average Bonchev–Trinajstić information content (AvgIpc) is 3.55. The van der Waals surface area contributed by atoms with Crippen molar-refractivity contribution in [2.45, 2.75) is 19.4 Å². The fourth-order valence-corrected chi connectivity index (χ4v) is 4.21. The van der Waals surface area contributed by atoms with Crippen LogP contribution < -0.4 is 10.1 Å². The molecule has 0 aliphatic carbocycles. The van der Waals surface area contributed by atoms with Crippen LogP contribution in [0.25, 0.3) is 16.8 Å². The van der Waals surface area contributed by atoms with Crippen molar-refractivity contribution >= 4 is 17.4 Å². The van der Waals surface area contributed by atoms with E-state index in [0.717, 1.165) is 65.4 Å². The third-order valence-corrected chi connectivity index (χ3v) is 5.94. The number of nitrogens with zero attached hydrogens (tertiary/aromatic N) is 4. The number of methoxy groups -OCH3 is 1. The van der Waals surface area contributed by atoms with Crippen LogP contribution in [0.5, 0.6) is 5.75 Å². The van der Waals surface area contributed by atoms with Gasteiger partial charge in [0.2, 0.25) is 0 Å². The van der Waals surface area contributed by atoms with E-state index in [-0.39, 0.29) is 5.91 Å². The number of aromatic nitrogens is 3. The van der Waals surface area contributed by atoms with Gasteiger partial charge in [-0.15, -0.1) is 10.2 Å². The number of rotatable bonds is 6. The monoisotopic (exact) mass is 427 g/mol. The highest BCUT2D eigenvalue weighted by atomic mass is 16.5. The Kier molecular flexibility index (Phi) is 5.46. The summed E-state index contributed by atoms with van der Waals surface area (Å²) in [6, 6.07) is 19.8. The molecule has 1 fully saturated rings. The molecule has 32 heavy (non-hydrogen) atoms. The maximum Gasteiger partial charge on any atom is 0.253 e. The Morgan fingerprint density at radius 1 is 1.03 bits per heavy atom. The van der Waals surface area contributed by atoms with Crippen molar-refractivity contribution in [3.63, 3.8) is 0 Å². The average molecular weight is 428 g/mol. The molecule has 0 spiro atoms. The van der Waals surface area contributed by atoms with Crippen molar-refractivity contribution in [3.05, 3.63) is 78.1 Å². The van der Waals surface area contributed by atoms with Gasteiger partial charge in [-0.3, -0.25) is 9.20 Å². The van der Waals surface area contributed by atoms with Crippen molar-refractivity contribution in [2.75, 3.05) is 25.5 Å². The van der Waals surface area contributed by atoms with Crippen molar-refractivity contribution in [3.8, 4) is 16.9 Å². The topological polar surface area (TPSA) is 71.8 Å². The Morgan fingerprint density at radius 2 is 1.81 bits per heavy atom. The Balaban J connectivity index is 1.39. The number of hydrogen-bond acceptors (Lipinski definition) is 5. The second-order valence-corrected chi connectivity index (χ2v) is 7.90. The zero-order valence-electron chi connectivity index (χ0n) is 18.0. The summed E-state index contributed by atoms with van der Waals surface area (Å²) in [5, 5.41) is 11.9. The number of amides is 1. The van der Waals surface area contributed by atoms with Crippen LogP contribution in [-0.2, 0) is 6.54 Å². The molecular formula is C25H25N5O2. The summed E-state index contributed by atoms with van der Waals surface area (Å²) in [4.78, 5) is 14.6. The molecule has 2 aromatic carbocycles. The molecule has 1 aliphatic rings. The van der Waals surface area contributed by atoms with Gasteiger partial charge in [0, 0.05) is 36.3 Å². The Labute approximate surface area is 186 Å². The highest BCUT2D eigenvalue weighted by molar-refractivity contribution is 5.95. The molecule has 0 radical (unpaired) electrons. The number of ether oxygens (including phenoxy) is 1. The molecule has 0 bridgehead atoms. The largest absolute Gasteiger partial charge is 0.496 e. The van der Waals surface area contributed by atoms with E-state index < -0.39 is 0 Å². The molecule has 1 saturated heterocycles. The van der Waals surface area contributed by atoms with Gasteiger partial charge < -0.3 is 15.0 Å². The Bertz CT molecular complexity index is 1240. The number of anilines is 1. The van der Waals surface area contributed by atoms with Gasteiger partial charge in [0.05, 0.1) is 7.11 Å². The zero-order chi connectivity index (χ0) is 21.9. The quantitative estimate of drug-likeness (QED) is 0.498. The summed E-state index contributed by atoms with van der Waals surface area (Å²) in [5.74, 6) is 1.85. The highest BCUT2D eigenvalue weighted by Gasteiger charge is 2.19. The molecule has 2 aromatic heterocycles. The van der Waals surface area contributed by atoms with Gasteiger partial charge in [-0.2, -0.15) is 0 Å². The minimum atomic E-state index is 0.109. The lowest BCUT2D eigenvalue weighted by atomic mass is 10.0. The molecule has 0 unspecified atom stereocenters. The number of carbonyl (C=O) groups is 1. The van der Waals surface area contributed by atoms with Crippen LogP contribution in [-0.4, -0.2) is 45.6 Å². The molecular weight excluding hydrogens is 402 g/mol. The predicted octanol–water partition coefficient (Wildman–Crippen LogP) is 4.25. The fraction of sp³-hybridized carbons (Fsp3) is 0.240. The smallest absolute Gasteiger partial charge is 0.253 e. The predicted molar refractivity (Wildman–Crippen MR) is 124 cm³/mol. The number of hydrogen-bond donors (Lipinski definition) is 1. The lowest BCUT2D eigenvalue weighted by molar-refractivity contribution is 0.0793. The Hall–Kier alpha value is -3.87. The third kappa shape index (κ3) is 3.77. The van der Waals surface area contributed by atoms with Gasteiger partial charge in [-0.05, 0) is 48.7 Å². The van der Waals surface area contributed by atoms with Gasteiger partial charge in [-0.1, -0.05) is 30.3 Å². The molecule has 4 aromatic rings. The molecule has 1 N–H and O–H groups in total. The zero-order valence-corrected chi connectivity index (χ0v) is 18.0. The van der Waals surface area contributed by atoms with E-state index in [4.69, 9.17) is 4.74 Å². The number of likely N-dealkylation sites (tertiary alicyclic amines) is 1. The maximum atomic E-state index is 12.6. The van der Waals surface area contributed by atoms with E-state index in [1.807, 2.05) is 70.0 Å². The van der Waals surface area contributed by atoms with Crippen LogP contribution in [0.3, 0.4) is 0 Å². The summed E-state index contributed by atoms with van der Waals surface area (Å²) in [6.45, 7) is 2.32. The van der Waals surface area contributed by atoms with Gasteiger partial charge >= 0.3 is 0 Å². The van der Waals surface area contributed by atoms with Crippen molar-refractivity contribution in [1.82, 2.24) is 19.5 Å². The minimum absolute atomic E-state index is 0.109. The van der Waals surface area contributed by atoms with Crippen LogP contribution in [0, 0.1) is 0 Å². The molecule has 5 rings (SSSR count). The molecule has 162 valence electrons. The minimum Gasteiger partial charge on any atom is -0.496 e. The summed E-state index contributed by atoms with van der Waals surface area (Å²) in [7, 11) is 1.68. The van der Waals surface area contributed by atoms with E-state index in [9.17, 15) is 4.79 Å². The molecule has 1 amide bonds. The molecule has 0 saturated carbocycles. The number of para-hydroxylation sites is 1. The SMILES string of the molecule is COc1ccccc1CNc1ccc(-c2ccc(C(=O)N3CCCC3)cc2)c2nncn12. The summed E-state index contributed by atoms with van der Waals surface area (Å²) >= 11 is 0. The molecule has 1 aliphatic heterocycles. The first kappa shape index (κ1) is 20.1. The summed E-state index contributed by atoms with van der Waals surface area (Å²) < 4.78 is 7.38. The first-order valence-corrected chi connectivity index (χ1v) is 10.8. The van der Waals surface area contributed by atoms with E-state index in [2.05, 4.69) is 15.5 Å². The van der Waals surface area contributed by atoms with Crippen LogP contribution >= 0.6 is 0 Å². The van der Waals surface area contributed by atoms with Gasteiger partial charge in [-0.25, -0.2) is 0 Å².